The molecule has 0 radical (unpaired) electrons. The number of nitrogens with zero attached hydrogens (tertiary/aromatic N) is 3. The van der Waals surface area contributed by atoms with E-state index in [1.807, 2.05) is 0 Å². The van der Waals surface area contributed by atoms with E-state index in [-0.39, 0.29) is 0 Å². The van der Waals surface area contributed by atoms with Gasteiger partial charge in [-0.3, -0.25) is 0 Å². The van der Waals surface area contributed by atoms with Gasteiger partial charge >= 0.3 is 0 Å². The van der Waals surface area contributed by atoms with Crippen molar-refractivity contribution in [3.05, 3.63) is 273 Å². The highest BCUT2D eigenvalue weighted by Gasteiger charge is 2.41. The first kappa shape index (κ1) is 40.1. The number of hydrogen-bond donors (Lipinski definition) is 0. The van der Waals surface area contributed by atoms with Gasteiger partial charge in [0.25, 0.3) is 0 Å². The molecule has 0 aliphatic rings. The van der Waals surface area contributed by atoms with Gasteiger partial charge in [-0.25, -0.2) is 0 Å². The molecule has 14 aromatic rings. The van der Waals surface area contributed by atoms with E-state index in [9.17, 15) is 0 Å². The first-order chi connectivity index (χ1) is 34.7. The Morgan fingerprint density at radius 2 is 0.571 bits per heavy atom. The molecule has 3 nitrogen and oxygen atoms in total. The molecule has 0 atom stereocenters. The highest BCUT2D eigenvalue weighted by Crippen LogP contribution is 2.40. The van der Waals surface area contributed by atoms with Gasteiger partial charge in [0.05, 0.1) is 33.1 Å². The Bertz CT molecular complexity index is 4180. The maximum absolute atomic E-state index is 2.79. The molecule has 0 saturated carbocycles. The van der Waals surface area contributed by atoms with Crippen LogP contribution in [0.1, 0.15) is 0 Å². The van der Waals surface area contributed by atoms with Gasteiger partial charge in [0, 0.05) is 49.4 Å². The second kappa shape index (κ2) is 16.1. The molecule has 70 heavy (non-hydrogen) atoms. The first-order valence-corrected chi connectivity index (χ1v) is 26.2. The van der Waals surface area contributed by atoms with Gasteiger partial charge in [-0.05, 0) is 105 Å². The molecule has 0 spiro atoms. The summed E-state index contributed by atoms with van der Waals surface area (Å²) in [5.41, 5.74) is 12.9. The maximum Gasteiger partial charge on any atom is 0.179 e. The van der Waals surface area contributed by atoms with Crippen molar-refractivity contribution in [2.45, 2.75) is 0 Å². The standard InChI is InChI=1S/C66H45N3Si/c1-5-20-48(21-6-1)67-63-35-18-15-32-57(63)60-42-46(37-41-64(60)67)47-36-39-58-55-30-13-17-34-62(55)69(65(58)43-47)50-38-40-59-56-31-14-16-33-61(56)68(66(59)45-50)49-22-19-29-54(44-49)70(51-23-7-2-8-24-51,52-25-9-3-10-26-52)53-27-11-4-12-28-53/h1-45H. The lowest BCUT2D eigenvalue weighted by atomic mass is 10.0. The normalized spacial score (nSPS) is 12.0. The molecular weight excluding hydrogens is 863 g/mol. The molecule has 14 rings (SSSR count). The Labute approximate surface area is 407 Å². The second-order valence-electron chi connectivity index (χ2n) is 18.5. The van der Waals surface area contributed by atoms with Crippen LogP contribution in [0, 0.1) is 0 Å². The van der Waals surface area contributed by atoms with Crippen molar-refractivity contribution in [1.29, 1.82) is 0 Å². The van der Waals surface area contributed by atoms with E-state index in [1.54, 1.807) is 0 Å². The molecule has 0 amide bonds. The van der Waals surface area contributed by atoms with E-state index in [0.717, 1.165) is 17.1 Å². The van der Waals surface area contributed by atoms with Gasteiger partial charge in [0.15, 0.2) is 8.07 Å². The lowest BCUT2D eigenvalue weighted by Crippen LogP contribution is -2.74. The largest absolute Gasteiger partial charge is 0.309 e. The van der Waals surface area contributed by atoms with Gasteiger partial charge in [-0.2, -0.15) is 0 Å². The summed E-state index contributed by atoms with van der Waals surface area (Å²) < 4.78 is 7.36. The second-order valence-corrected chi connectivity index (χ2v) is 22.3. The van der Waals surface area contributed by atoms with Gasteiger partial charge in [0.1, 0.15) is 0 Å². The monoisotopic (exact) mass is 907 g/mol. The molecule has 0 aliphatic carbocycles. The lowest BCUT2D eigenvalue weighted by Gasteiger charge is -2.34. The van der Waals surface area contributed by atoms with Crippen molar-refractivity contribution in [3.8, 4) is 28.2 Å². The summed E-state index contributed by atoms with van der Waals surface area (Å²) in [5.74, 6) is 0. The van der Waals surface area contributed by atoms with Gasteiger partial charge in [-0.1, -0.05) is 200 Å². The summed E-state index contributed by atoms with van der Waals surface area (Å²) in [6, 6.07) is 101. The molecule has 328 valence electrons. The highest BCUT2D eigenvalue weighted by atomic mass is 28.3. The van der Waals surface area contributed by atoms with Crippen molar-refractivity contribution in [1.82, 2.24) is 13.7 Å². The minimum atomic E-state index is -2.79. The van der Waals surface area contributed by atoms with Crippen LogP contribution in [0.15, 0.2) is 273 Å². The number of rotatable bonds is 8. The van der Waals surface area contributed by atoms with Crippen LogP contribution in [0.4, 0.5) is 0 Å². The predicted molar refractivity (Wildman–Crippen MR) is 299 cm³/mol. The smallest absolute Gasteiger partial charge is 0.179 e. The first-order valence-electron chi connectivity index (χ1n) is 24.2. The van der Waals surface area contributed by atoms with Crippen LogP contribution in [0.5, 0.6) is 0 Å². The number of para-hydroxylation sites is 4. The molecule has 4 heteroatoms. The summed E-state index contributed by atoms with van der Waals surface area (Å²) in [6.07, 6.45) is 0. The lowest BCUT2D eigenvalue weighted by molar-refractivity contribution is 1.16. The number of fused-ring (bicyclic) bond motifs is 9. The van der Waals surface area contributed by atoms with Crippen molar-refractivity contribution < 1.29 is 0 Å². The molecule has 0 fully saturated rings. The number of hydrogen-bond acceptors (Lipinski definition) is 0. The Morgan fingerprint density at radius 1 is 0.200 bits per heavy atom. The Kier molecular flexibility index (Phi) is 9.23. The summed E-state index contributed by atoms with van der Waals surface area (Å²) in [5, 5.41) is 12.9. The van der Waals surface area contributed by atoms with Gasteiger partial charge < -0.3 is 13.7 Å². The van der Waals surface area contributed by atoms with Crippen LogP contribution < -0.4 is 20.7 Å². The molecule has 0 aliphatic heterocycles. The van der Waals surface area contributed by atoms with Crippen molar-refractivity contribution in [2.24, 2.45) is 0 Å². The predicted octanol–water partition coefficient (Wildman–Crippen LogP) is 14.0. The fourth-order valence-corrected chi connectivity index (χ4v) is 16.5. The molecule has 0 N–H and O–H groups in total. The van der Waals surface area contributed by atoms with Crippen molar-refractivity contribution >= 4 is 94.2 Å². The Morgan fingerprint density at radius 3 is 1.14 bits per heavy atom. The minimum Gasteiger partial charge on any atom is -0.309 e. The van der Waals surface area contributed by atoms with E-state index < -0.39 is 8.07 Å². The molecular formula is C66H45N3Si. The zero-order valence-corrected chi connectivity index (χ0v) is 39.3. The third-order valence-electron chi connectivity index (χ3n) is 14.8. The van der Waals surface area contributed by atoms with Crippen LogP contribution in [0.3, 0.4) is 0 Å². The molecule has 0 bridgehead atoms. The fraction of sp³-hybridized carbons (Fsp3) is 0. The van der Waals surface area contributed by atoms with E-state index in [2.05, 4.69) is 287 Å². The van der Waals surface area contributed by atoms with Crippen LogP contribution in [-0.4, -0.2) is 21.8 Å². The van der Waals surface area contributed by atoms with Crippen LogP contribution in [0.2, 0.25) is 0 Å². The molecule has 0 saturated heterocycles. The SMILES string of the molecule is c1ccc(-n2c3ccccc3c3cc(-c4ccc5c6ccccc6n(-c6ccc7c8ccccc8n(-c8cccc([Si](c9ccccc9)(c9ccccc9)c9ccccc9)c8)c7c6)c5c4)ccc32)cc1. The molecule has 0 unspecified atom stereocenters. The third-order valence-corrected chi connectivity index (χ3v) is 19.5. The average Bonchev–Trinajstić information content (AvgIpc) is 4.07. The number of benzene rings is 11. The van der Waals surface area contributed by atoms with Crippen molar-refractivity contribution in [2.75, 3.05) is 0 Å². The van der Waals surface area contributed by atoms with Crippen molar-refractivity contribution in [3.63, 3.8) is 0 Å². The average molecular weight is 908 g/mol. The minimum absolute atomic E-state index is 1.12. The topological polar surface area (TPSA) is 14.8 Å². The number of aromatic nitrogens is 3. The fourth-order valence-electron chi connectivity index (χ4n) is 11.8. The summed E-state index contributed by atoms with van der Waals surface area (Å²) in [4.78, 5) is 0. The zero-order valence-electron chi connectivity index (χ0n) is 38.3. The summed E-state index contributed by atoms with van der Waals surface area (Å²) in [7, 11) is -2.79. The molecule has 3 heterocycles. The Balaban J connectivity index is 0.973. The quantitative estimate of drug-likeness (QED) is 0.107. The maximum atomic E-state index is 2.50. The van der Waals surface area contributed by atoms with Gasteiger partial charge in [-0.15, -0.1) is 0 Å². The zero-order chi connectivity index (χ0) is 46.2. The van der Waals surface area contributed by atoms with Crippen LogP contribution in [0.25, 0.3) is 93.6 Å². The summed E-state index contributed by atoms with van der Waals surface area (Å²) in [6.45, 7) is 0. The van der Waals surface area contributed by atoms with Gasteiger partial charge in [0.2, 0.25) is 0 Å². The van der Waals surface area contributed by atoms with Crippen LogP contribution in [-0.2, 0) is 0 Å². The highest BCUT2D eigenvalue weighted by molar-refractivity contribution is 7.19. The summed E-state index contributed by atoms with van der Waals surface area (Å²) >= 11 is 0. The van der Waals surface area contributed by atoms with E-state index in [4.69, 9.17) is 0 Å². The van der Waals surface area contributed by atoms with E-state index in [1.165, 1.54) is 97.3 Å². The molecule has 11 aromatic carbocycles. The molecule has 3 aromatic heterocycles. The Hall–Kier alpha value is -8.96. The van der Waals surface area contributed by atoms with Crippen LogP contribution >= 0.6 is 0 Å². The van der Waals surface area contributed by atoms with E-state index >= 15 is 0 Å². The third kappa shape index (κ3) is 6.07. The van der Waals surface area contributed by atoms with E-state index in [0.29, 0.717) is 0 Å².